The summed E-state index contributed by atoms with van der Waals surface area (Å²) in [6.45, 7) is 3.48. The summed E-state index contributed by atoms with van der Waals surface area (Å²) in [5, 5.41) is 3.29. The van der Waals surface area contributed by atoms with Crippen LogP contribution in [0.15, 0.2) is 78.5 Å². The first-order valence-electron chi connectivity index (χ1n) is 10.4. The minimum atomic E-state index is -4.51. The number of anilines is 1. The van der Waals surface area contributed by atoms with Gasteiger partial charge in [0.1, 0.15) is 0 Å². The number of nitrogens with one attached hydrogen (secondary N) is 1. The van der Waals surface area contributed by atoms with Crippen LogP contribution in [0.3, 0.4) is 0 Å². The van der Waals surface area contributed by atoms with Gasteiger partial charge in [-0.1, -0.05) is 18.2 Å². The molecular weight excluding hydrogens is 465 g/mol. The summed E-state index contributed by atoms with van der Waals surface area (Å²) in [6.07, 6.45) is 0.637. The summed E-state index contributed by atoms with van der Waals surface area (Å²) >= 11 is 5.53. The molecule has 4 rings (SSSR count). The Morgan fingerprint density at radius 3 is 2.53 bits per heavy atom. The van der Waals surface area contributed by atoms with Crippen molar-refractivity contribution in [1.29, 1.82) is 0 Å². The second kappa shape index (κ2) is 9.30. The molecule has 0 saturated carbocycles. The number of benzene rings is 2. The lowest BCUT2D eigenvalue weighted by Gasteiger charge is -2.37. The number of hydrogen-bond donors (Lipinski definition) is 1. The van der Waals surface area contributed by atoms with Crippen molar-refractivity contribution in [3.8, 4) is 5.69 Å². The number of ether oxygens (including phenoxy) is 1. The SMILES string of the molecule is CCOC(=O)C1=C(C)N(c2cccc(C(F)(F)F)c2)C(=S)NC1c1ccc(-n2ccnc2)cc1. The van der Waals surface area contributed by atoms with Crippen LogP contribution >= 0.6 is 12.2 Å². The van der Waals surface area contributed by atoms with Gasteiger partial charge < -0.3 is 14.6 Å². The number of hydrogen-bond acceptors (Lipinski definition) is 4. The smallest absolute Gasteiger partial charge is 0.416 e. The van der Waals surface area contributed by atoms with Gasteiger partial charge in [-0.25, -0.2) is 9.78 Å². The van der Waals surface area contributed by atoms with Crippen LogP contribution in [0.2, 0.25) is 0 Å². The van der Waals surface area contributed by atoms with Crippen LogP contribution in [-0.2, 0) is 15.7 Å². The Labute approximate surface area is 199 Å². The first-order chi connectivity index (χ1) is 16.2. The number of thiocarbonyl (C=S) groups is 1. The zero-order valence-electron chi connectivity index (χ0n) is 18.3. The van der Waals surface area contributed by atoms with Crippen molar-refractivity contribution in [2.75, 3.05) is 11.5 Å². The van der Waals surface area contributed by atoms with E-state index in [1.54, 1.807) is 26.4 Å². The summed E-state index contributed by atoms with van der Waals surface area (Å²) in [4.78, 5) is 18.4. The molecule has 0 saturated heterocycles. The number of esters is 1. The standard InChI is InChI=1S/C24H21F3N4O2S/c1-3-33-22(32)20-15(2)31(19-6-4-5-17(13-19)24(25,26)27)23(34)29-21(20)16-7-9-18(10-8-16)30-12-11-28-14-30/h4-14,21H,3H2,1-2H3,(H,29,34). The van der Waals surface area contributed by atoms with E-state index in [4.69, 9.17) is 17.0 Å². The highest BCUT2D eigenvalue weighted by molar-refractivity contribution is 7.80. The van der Waals surface area contributed by atoms with Gasteiger partial charge in [-0.2, -0.15) is 13.2 Å². The minimum Gasteiger partial charge on any atom is -0.463 e. The molecular formula is C24H21F3N4O2S. The average molecular weight is 487 g/mol. The molecule has 2 heterocycles. The quantitative estimate of drug-likeness (QED) is 0.397. The first kappa shape index (κ1) is 23.5. The fourth-order valence-electron chi connectivity index (χ4n) is 3.85. The van der Waals surface area contributed by atoms with Crippen molar-refractivity contribution < 1.29 is 22.7 Å². The highest BCUT2D eigenvalue weighted by Gasteiger charge is 2.37. The molecule has 1 aliphatic rings. The van der Waals surface area contributed by atoms with Crippen molar-refractivity contribution in [3.63, 3.8) is 0 Å². The maximum atomic E-state index is 13.3. The maximum absolute atomic E-state index is 13.3. The summed E-state index contributed by atoms with van der Waals surface area (Å²) < 4.78 is 47.0. The fraction of sp³-hybridized carbons (Fsp3) is 0.208. The third kappa shape index (κ3) is 4.54. The minimum absolute atomic E-state index is 0.149. The molecule has 0 bridgehead atoms. The molecule has 1 unspecified atom stereocenters. The van der Waals surface area contributed by atoms with Crippen LogP contribution in [0.1, 0.15) is 31.0 Å². The molecule has 1 atom stereocenters. The first-order valence-corrected chi connectivity index (χ1v) is 10.9. The zero-order chi connectivity index (χ0) is 24.5. The van der Waals surface area contributed by atoms with E-state index in [1.807, 2.05) is 35.0 Å². The van der Waals surface area contributed by atoms with Crippen LogP contribution in [0, 0.1) is 0 Å². The van der Waals surface area contributed by atoms with E-state index in [9.17, 15) is 18.0 Å². The van der Waals surface area contributed by atoms with Gasteiger partial charge in [0.05, 0.1) is 30.1 Å². The number of imidazole rings is 1. The van der Waals surface area contributed by atoms with E-state index >= 15 is 0 Å². The predicted octanol–water partition coefficient (Wildman–Crippen LogP) is 5.16. The number of halogens is 3. The van der Waals surface area contributed by atoms with Crippen molar-refractivity contribution in [2.24, 2.45) is 0 Å². The van der Waals surface area contributed by atoms with Gasteiger partial charge in [-0.15, -0.1) is 0 Å². The van der Waals surface area contributed by atoms with E-state index in [0.29, 0.717) is 5.70 Å². The van der Waals surface area contributed by atoms with Crippen molar-refractivity contribution in [1.82, 2.24) is 14.9 Å². The Morgan fingerprint density at radius 1 is 1.18 bits per heavy atom. The van der Waals surface area contributed by atoms with Gasteiger partial charge in [0.2, 0.25) is 0 Å². The Morgan fingerprint density at radius 2 is 1.91 bits per heavy atom. The van der Waals surface area contributed by atoms with Gasteiger partial charge in [0.25, 0.3) is 0 Å². The number of aromatic nitrogens is 2. The Hall–Kier alpha value is -3.66. The number of allylic oxidation sites excluding steroid dienone is 1. The molecule has 0 aliphatic carbocycles. The van der Waals surface area contributed by atoms with Crippen LogP contribution in [-0.4, -0.2) is 27.2 Å². The normalized spacial score (nSPS) is 16.4. The molecule has 0 fully saturated rings. The number of alkyl halides is 3. The second-order valence-electron chi connectivity index (χ2n) is 7.55. The Balaban J connectivity index is 1.77. The lowest BCUT2D eigenvalue weighted by atomic mass is 9.94. The van der Waals surface area contributed by atoms with Gasteiger partial charge >= 0.3 is 12.1 Å². The molecule has 10 heteroatoms. The summed E-state index contributed by atoms with van der Waals surface area (Å²) in [6, 6.07) is 11.6. The van der Waals surface area contributed by atoms with Crippen LogP contribution in [0.25, 0.3) is 5.69 Å². The summed E-state index contributed by atoms with van der Waals surface area (Å²) in [7, 11) is 0. The Kier molecular flexibility index (Phi) is 6.43. The van der Waals surface area contributed by atoms with Crippen LogP contribution < -0.4 is 10.2 Å². The third-order valence-corrected chi connectivity index (χ3v) is 5.74. The molecule has 6 nitrogen and oxygen atoms in total. The topological polar surface area (TPSA) is 59.4 Å². The highest BCUT2D eigenvalue weighted by Crippen LogP contribution is 2.37. The number of carbonyl (C=O) groups is 1. The average Bonchev–Trinajstić information content (AvgIpc) is 3.33. The van der Waals surface area contributed by atoms with Gasteiger partial charge in [0, 0.05) is 29.5 Å². The molecule has 1 aromatic heterocycles. The van der Waals surface area contributed by atoms with E-state index in [0.717, 1.165) is 23.4 Å². The van der Waals surface area contributed by atoms with E-state index < -0.39 is 23.8 Å². The van der Waals surface area contributed by atoms with Crippen molar-refractivity contribution in [2.45, 2.75) is 26.1 Å². The second-order valence-corrected chi connectivity index (χ2v) is 7.93. The molecule has 1 N–H and O–H groups in total. The van der Waals surface area contributed by atoms with Gasteiger partial charge in [-0.3, -0.25) is 4.90 Å². The van der Waals surface area contributed by atoms with E-state index in [2.05, 4.69) is 10.3 Å². The number of rotatable bonds is 5. The fourth-order valence-corrected chi connectivity index (χ4v) is 4.21. The highest BCUT2D eigenvalue weighted by atomic mass is 32.1. The molecule has 1 aliphatic heterocycles. The maximum Gasteiger partial charge on any atom is 0.416 e. The lowest BCUT2D eigenvalue weighted by Crippen LogP contribution is -2.48. The monoisotopic (exact) mass is 486 g/mol. The van der Waals surface area contributed by atoms with Gasteiger partial charge in [-0.05, 0) is 62.0 Å². The summed E-state index contributed by atoms with van der Waals surface area (Å²) in [5.74, 6) is -0.573. The molecule has 34 heavy (non-hydrogen) atoms. The third-order valence-electron chi connectivity index (χ3n) is 5.44. The van der Waals surface area contributed by atoms with E-state index in [1.165, 1.54) is 17.0 Å². The molecule has 3 aromatic rings. The van der Waals surface area contributed by atoms with Crippen molar-refractivity contribution >= 4 is 29.0 Å². The summed E-state index contributed by atoms with van der Waals surface area (Å²) in [5.41, 5.74) is 1.67. The molecule has 2 aromatic carbocycles. The van der Waals surface area contributed by atoms with E-state index in [-0.39, 0.29) is 23.0 Å². The van der Waals surface area contributed by atoms with Crippen LogP contribution in [0.4, 0.5) is 18.9 Å². The number of nitrogens with zero attached hydrogens (tertiary/aromatic N) is 3. The molecule has 176 valence electrons. The lowest BCUT2D eigenvalue weighted by molar-refractivity contribution is -0.139. The van der Waals surface area contributed by atoms with Crippen LogP contribution in [0.5, 0.6) is 0 Å². The zero-order valence-corrected chi connectivity index (χ0v) is 19.2. The Bertz CT molecular complexity index is 1240. The number of carbonyl (C=O) groups excluding carboxylic acids is 1. The largest absolute Gasteiger partial charge is 0.463 e. The molecule has 0 amide bonds. The molecule has 0 spiro atoms. The molecule has 0 radical (unpaired) electrons. The van der Waals surface area contributed by atoms with Crippen molar-refractivity contribution in [3.05, 3.63) is 89.6 Å². The van der Waals surface area contributed by atoms with Gasteiger partial charge in [0.15, 0.2) is 5.11 Å². The predicted molar refractivity (Wildman–Crippen MR) is 125 cm³/mol.